The number of benzene rings is 3. The highest BCUT2D eigenvalue weighted by Gasteiger charge is 2.61. The molecule has 3 aromatic carbocycles. The van der Waals surface area contributed by atoms with Gasteiger partial charge in [-0.25, -0.2) is 13.1 Å². The van der Waals surface area contributed by atoms with E-state index in [2.05, 4.69) is 16.6 Å². The average Bonchev–Trinajstić information content (AvgIpc) is 3.74. The lowest BCUT2D eigenvalue weighted by atomic mass is 9.79. The van der Waals surface area contributed by atoms with Crippen LogP contribution in [0, 0.1) is 11.8 Å². The number of halogens is 1. The molecule has 0 aromatic heterocycles. The number of nitrogens with one attached hydrogen (secondary N) is 2. The van der Waals surface area contributed by atoms with Crippen molar-refractivity contribution in [3.63, 3.8) is 0 Å². The third kappa shape index (κ3) is 6.81. The normalized spacial score (nSPS) is 22.9. The topological polar surface area (TPSA) is 122 Å². The van der Waals surface area contributed by atoms with Gasteiger partial charge in [0.1, 0.15) is 17.9 Å². The molecule has 0 bridgehead atoms. The molecular formula is C33H34ClN3O6S. The summed E-state index contributed by atoms with van der Waals surface area (Å²) in [5.41, 5.74) is 0.319. The van der Waals surface area contributed by atoms with E-state index in [1.807, 2.05) is 42.5 Å². The van der Waals surface area contributed by atoms with Crippen molar-refractivity contribution in [3.8, 4) is 5.75 Å². The van der Waals surface area contributed by atoms with Crippen LogP contribution >= 0.6 is 11.6 Å². The summed E-state index contributed by atoms with van der Waals surface area (Å²) in [6.45, 7) is 6.12. The molecule has 1 saturated carbocycles. The molecule has 44 heavy (non-hydrogen) atoms. The number of rotatable bonds is 10. The maximum Gasteiger partial charge on any atom is 0.264 e. The Hall–Kier alpha value is -4.15. The van der Waals surface area contributed by atoms with Gasteiger partial charge < -0.3 is 15.0 Å². The van der Waals surface area contributed by atoms with Crippen molar-refractivity contribution in [1.29, 1.82) is 0 Å². The van der Waals surface area contributed by atoms with E-state index in [0.717, 1.165) is 11.1 Å². The maximum atomic E-state index is 13.9. The lowest BCUT2D eigenvalue weighted by Crippen LogP contribution is -2.56. The molecule has 230 valence electrons. The molecule has 2 fully saturated rings. The quantitative estimate of drug-likeness (QED) is 0.318. The summed E-state index contributed by atoms with van der Waals surface area (Å²) < 4.78 is 34.6. The van der Waals surface area contributed by atoms with Crippen LogP contribution in [-0.4, -0.2) is 49.7 Å². The number of piperidine rings is 1. The minimum absolute atomic E-state index is 0.152. The van der Waals surface area contributed by atoms with Gasteiger partial charge >= 0.3 is 0 Å². The predicted molar refractivity (Wildman–Crippen MR) is 166 cm³/mol. The molecule has 4 atom stereocenters. The Morgan fingerprint density at radius 2 is 1.80 bits per heavy atom. The highest BCUT2D eigenvalue weighted by molar-refractivity contribution is 7.90. The summed E-state index contributed by atoms with van der Waals surface area (Å²) in [6, 6.07) is 22.5. The van der Waals surface area contributed by atoms with Gasteiger partial charge in [0.05, 0.1) is 10.8 Å². The number of amides is 3. The Bertz CT molecular complexity index is 1660. The zero-order chi connectivity index (χ0) is 31.5. The first kappa shape index (κ1) is 31.3. The second kappa shape index (κ2) is 12.8. The van der Waals surface area contributed by atoms with E-state index in [-0.39, 0.29) is 36.3 Å². The first-order chi connectivity index (χ1) is 21.0. The highest BCUT2D eigenvalue weighted by Crippen LogP contribution is 2.46. The minimum atomic E-state index is -4.31. The Morgan fingerprint density at radius 3 is 2.45 bits per heavy atom. The number of nitrogens with zero attached hydrogens (tertiary/aromatic N) is 1. The molecule has 2 aliphatic rings. The molecule has 1 heterocycles. The van der Waals surface area contributed by atoms with E-state index >= 15 is 0 Å². The van der Waals surface area contributed by atoms with Crippen molar-refractivity contribution in [2.75, 3.05) is 13.1 Å². The number of hydrogen-bond donors (Lipinski definition) is 2. The third-order valence-electron chi connectivity index (χ3n) is 8.33. The summed E-state index contributed by atoms with van der Waals surface area (Å²) in [4.78, 5) is 41.1. The molecule has 0 spiro atoms. The summed E-state index contributed by atoms with van der Waals surface area (Å²) >= 11 is 6.08. The molecule has 3 amide bonds. The number of carbonyl (C=O) groups is 3. The Morgan fingerprint density at radius 1 is 1.07 bits per heavy atom. The van der Waals surface area contributed by atoms with E-state index in [0.29, 0.717) is 23.7 Å². The molecule has 1 saturated heterocycles. The van der Waals surface area contributed by atoms with Gasteiger partial charge in [0.2, 0.25) is 11.8 Å². The first-order valence-corrected chi connectivity index (χ1v) is 16.2. The van der Waals surface area contributed by atoms with Crippen molar-refractivity contribution in [1.82, 2.24) is 14.9 Å². The van der Waals surface area contributed by atoms with Crippen LogP contribution in [0.1, 0.15) is 36.8 Å². The fourth-order valence-corrected chi connectivity index (χ4v) is 6.90. The fourth-order valence-electron chi connectivity index (χ4n) is 5.70. The zero-order valence-corrected chi connectivity index (χ0v) is 25.8. The molecule has 5 rings (SSSR count). The molecule has 0 radical (unpaired) electrons. The van der Waals surface area contributed by atoms with Gasteiger partial charge in [-0.15, -0.1) is 6.58 Å². The molecule has 0 unspecified atom stereocenters. The van der Waals surface area contributed by atoms with Crippen molar-refractivity contribution in [3.05, 3.63) is 108 Å². The molecule has 2 N–H and O–H groups in total. The Balaban J connectivity index is 1.32. The molecule has 1 aliphatic heterocycles. The summed E-state index contributed by atoms with van der Waals surface area (Å²) in [6.07, 6.45) is 2.27. The predicted octanol–water partition coefficient (Wildman–Crippen LogP) is 4.44. The number of ether oxygens (including phenoxy) is 1. The van der Waals surface area contributed by atoms with Crippen molar-refractivity contribution in [2.45, 2.75) is 42.7 Å². The van der Waals surface area contributed by atoms with Crippen LogP contribution < -0.4 is 14.8 Å². The minimum Gasteiger partial charge on any atom is -0.489 e. The Labute approximate surface area is 262 Å². The van der Waals surface area contributed by atoms with Gasteiger partial charge in [0.15, 0.2) is 0 Å². The molecule has 11 heteroatoms. The number of hydrogen-bond acceptors (Lipinski definition) is 6. The smallest absolute Gasteiger partial charge is 0.264 e. The van der Waals surface area contributed by atoms with Gasteiger partial charge in [0.25, 0.3) is 15.9 Å². The van der Waals surface area contributed by atoms with Crippen LogP contribution in [-0.2, 0) is 31.0 Å². The van der Waals surface area contributed by atoms with Crippen LogP contribution in [0.5, 0.6) is 5.75 Å². The highest BCUT2D eigenvalue weighted by atomic mass is 35.5. The third-order valence-corrected chi connectivity index (χ3v) is 9.92. The molecule has 9 nitrogen and oxygen atoms in total. The molecule has 1 aliphatic carbocycles. The van der Waals surface area contributed by atoms with Gasteiger partial charge in [-0.2, -0.15) is 0 Å². The van der Waals surface area contributed by atoms with Crippen molar-refractivity contribution >= 4 is 39.3 Å². The standard InChI is InChI=1S/C33H34ClN3O6S/c1-3-25-19-33(25,35-31(39)30-20-37(22(2)38)17-16-29(30)24-12-14-26(34)15-13-24)32(40)36-44(41,42)28-11-7-10-27(18-28)43-21-23-8-5-4-6-9-23/h3-15,18,25,29-30H,1,16-17,19-21H2,2H3,(H,35,39)(H,36,40)/t25-,29+,30-,33-/m1/s1. The van der Waals surface area contributed by atoms with Crippen molar-refractivity contribution in [2.24, 2.45) is 11.8 Å². The van der Waals surface area contributed by atoms with Crippen LogP contribution in [0.2, 0.25) is 5.02 Å². The van der Waals surface area contributed by atoms with E-state index in [4.69, 9.17) is 16.3 Å². The maximum absolute atomic E-state index is 13.9. The van der Waals surface area contributed by atoms with Gasteiger partial charge in [-0.3, -0.25) is 14.4 Å². The fraction of sp³-hybridized carbons (Fsp3) is 0.303. The van der Waals surface area contributed by atoms with E-state index in [1.54, 1.807) is 23.1 Å². The second-order valence-corrected chi connectivity index (χ2v) is 13.3. The van der Waals surface area contributed by atoms with Crippen LogP contribution in [0.3, 0.4) is 0 Å². The zero-order valence-electron chi connectivity index (χ0n) is 24.2. The van der Waals surface area contributed by atoms with Crippen molar-refractivity contribution < 1.29 is 27.5 Å². The molecule has 3 aromatic rings. The van der Waals surface area contributed by atoms with E-state index in [1.165, 1.54) is 31.2 Å². The number of sulfonamides is 1. The van der Waals surface area contributed by atoms with Gasteiger partial charge in [-0.1, -0.05) is 66.2 Å². The Kier molecular flexibility index (Phi) is 9.12. The number of likely N-dealkylation sites (tertiary alicyclic amines) is 1. The lowest BCUT2D eigenvalue weighted by Gasteiger charge is -2.38. The summed E-state index contributed by atoms with van der Waals surface area (Å²) in [5, 5.41) is 3.42. The van der Waals surface area contributed by atoms with E-state index < -0.39 is 39.2 Å². The monoisotopic (exact) mass is 635 g/mol. The summed E-state index contributed by atoms with van der Waals surface area (Å²) in [5.74, 6) is -2.49. The van der Waals surface area contributed by atoms with Crippen LogP contribution in [0.15, 0.2) is 96.4 Å². The summed E-state index contributed by atoms with van der Waals surface area (Å²) in [7, 11) is -4.31. The van der Waals surface area contributed by atoms with Gasteiger partial charge in [-0.05, 0) is 54.2 Å². The number of carbonyl (C=O) groups excluding carboxylic acids is 3. The SMILES string of the molecule is C=C[C@@H]1C[C@]1(NC(=O)[C@@H]1CN(C(C)=O)CC[C@H]1c1ccc(Cl)cc1)C(=O)NS(=O)(=O)c1cccc(OCc2ccccc2)c1. The lowest BCUT2D eigenvalue weighted by molar-refractivity contribution is -0.137. The van der Waals surface area contributed by atoms with Gasteiger partial charge in [0, 0.05) is 37.0 Å². The first-order valence-electron chi connectivity index (χ1n) is 14.3. The second-order valence-electron chi connectivity index (χ2n) is 11.2. The van der Waals surface area contributed by atoms with Crippen LogP contribution in [0.25, 0.3) is 0 Å². The van der Waals surface area contributed by atoms with Crippen LogP contribution in [0.4, 0.5) is 0 Å². The van der Waals surface area contributed by atoms with E-state index in [9.17, 15) is 22.8 Å². The largest absolute Gasteiger partial charge is 0.489 e. The molecular weight excluding hydrogens is 602 g/mol. The average molecular weight is 636 g/mol.